The first-order valence-electron chi connectivity index (χ1n) is 3.60. The third-order valence-electron chi connectivity index (χ3n) is 2.26. The van der Waals surface area contributed by atoms with E-state index in [2.05, 4.69) is 5.32 Å². The quantitative estimate of drug-likeness (QED) is 0.547. The van der Waals surface area contributed by atoms with Crippen LogP contribution in [0, 0.1) is 5.92 Å². The Kier molecular flexibility index (Phi) is 2.06. The number of ketones is 1. The predicted molar refractivity (Wildman–Crippen MR) is 39.6 cm³/mol. The summed E-state index contributed by atoms with van der Waals surface area (Å²) >= 11 is 0. The highest BCUT2D eigenvalue weighted by Crippen LogP contribution is 2.26. The summed E-state index contributed by atoms with van der Waals surface area (Å²) in [7, 11) is 1.87. The summed E-state index contributed by atoms with van der Waals surface area (Å²) in [5, 5.41) is 3.06. The van der Waals surface area contributed by atoms with E-state index in [-0.39, 0.29) is 17.7 Å². The second kappa shape index (κ2) is 2.68. The summed E-state index contributed by atoms with van der Waals surface area (Å²) in [5.41, 5.74) is 5.63. The monoisotopic (exact) mass is 142 g/mol. The van der Waals surface area contributed by atoms with Crippen molar-refractivity contribution in [3.8, 4) is 0 Å². The van der Waals surface area contributed by atoms with Gasteiger partial charge in [-0.15, -0.1) is 0 Å². The van der Waals surface area contributed by atoms with Crippen LogP contribution < -0.4 is 11.1 Å². The van der Waals surface area contributed by atoms with Crippen LogP contribution in [-0.2, 0) is 4.79 Å². The Labute approximate surface area is 61.0 Å². The van der Waals surface area contributed by atoms with Crippen molar-refractivity contribution >= 4 is 5.78 Å². The van der Waals surface area contributed by atoms with E-state index in [1.165, 1.54) is 0 Å². The van der Waals surface area contributed by atoms with Gasteiger partial charge in [-0.3, -0.25) is 4.79 Å². The predicted octanol–water partition coefficient (Wildman–Crippen LogP) is -0.489. The first-order valence-corrected chi connectivity index (χ1v) is 3.60. The molecule has 3 unspecified atom stereocenters. The van der Waals surface area contributed by atoms with Crippen molar-refractivity contribution < 1.29 is 4.79 Å². The molecule has 3 N–H and O–H groups in total. The van der Waals surface area contributed by atoms with Gasteiger partial charge in [0.1, 0.15) is 5.78 Å². The molecule has 0 aromatic rings. The number of carbonyl (C=O) groups excluding carboxylic acids is 1. The fourth-order valence-corrected chi connectivity index (χ4v) is 1.57. The number of rotatable bonds is 2. The molecule has 0 aliphatic heterocycles. The second-order valence-electron chi connectivity index (χ2n) is 2.93. The van der Waals surface area contributed by atoms with Gasteiger partial charge in [0, 0.05) is 18.0 Å². The van der Waals surface area contributed by atoms with Gasteiger partial charge in [-0.1, -0.05) is 0 Å². The Bertz CT molecular complexity index is 147. The van der Waals surface area contributed by atoms with Gasteiger partial charge in [0.15, 0.2) is 0 Å². The molecule has 1 fully saturated rings. The lowest BCUT2D eigenvalue weighted by Gasteiger charge is -2.40. The summed E-state index contributed by atoms with van der Waals surface area (Å²) in [4.78, 5) is 10.9. The van der Waals surface area contributed by atoms with Crippen LogP contribution in [0.4, 0.5) is 0 Å². The molecule has 0 saturated heterocycles. The standard InChI is InChI=1S/C7H14N2O/c1-4(10)7-5(8)3-6(7)9-2/h5-7,9H,3,8H2,1-2H3. The van der Waals surface area contributed by atoms with E-state index in [1.54, 1.807) is 6.92 Å². The van der Waals surface area contributed by atoms with Gasteiger partial charge in [-0.25, -0.2) is 0 Å². The van der Waals surface area contributed by atoms with E-state index in [1.807, 2.05) is 7.05 Å². The fourth-order valence-electron chi connectivity index (χ4n) is 1.57. The maximum Gasteiger partial charge on any atom is 0.136 e. The molecule has 0 radical (unpaired) electrons. The minimum Gasteiger partial charge on any atom is -0.327 e. The second-order valence-corrected chi connectivity index (χ2v) is 2.93. The zero-order chi connectivity index (χ0) is 7.72. The van der Waals surface area contributed by atoms with Gasteiger partial charge in [-0.05, 0) is 20.4 Å². The topological polar surface area (TPSA) is 55.1 Å². The smallest absolute Gasteiger partial charge is 0.136 e. The Balaban J connectivity index is 2.48. The maximum absolute atomic E-state index is 10.9. The maximum atomic E-state index is 10.9. The average molecular weight is 142 g/mol. The highest BCUT2D eigenvalue weighted by molar-refractivity contribution is 5.81. The lowest BCUT2D eigenvalue weighted by atomic mass is 9.73. The van der Waals surface area contributed by atoms with E-state index in [9.17, 15) is 4.79 Å². The van der Waals surface area contributed by atoms with Crippen molar-refractivity contribution in [1.29, 1.82) is 0 Å². The number of Topliss-reactive ketones (excluding diaryl/α,β-unsaturated/α-hetero) is 1. The summed E-state index contributed by atoms with van der Waals surface area (Å²) in [6.07, 6.45) is 0.931. The molecule has 0 heterocycles. The third-order valence-corrected chi connectivity index (χ3v) is 2.26. The molecule has 3 heteroatoms. The average Bonchev–Trinajstić information content (AvgIpc) is 1.80. The van der Waals surface area contributed by atoms with Gasteiger partial charge < -0.3 is 11.1 Å². The lowest BCUT2D eigenvalue weighted by molar-refractivity contribution is -0.125. The van der Waals surface area contributed by atoms with Crippen LogP contribution in [-0.4, -0.2) is 24.9 Å². The molecule has 0 amide bonds. The molecule has 0 aromatic carbocycles. The molecular weight excluding hydrogens is 128 g/mol. The molecule has 3 atom stereocenters. The summed E-state index contributed by atoms with van der Waals surface area (Å²) in [5.74, 6) is 0.267. The van der Waals surface area contributed by atoms with Gasteiger partial charge >= 0.3 is 0 Å². The molecule has 1 aliphatic rings. The molecular formula is C7H14N2O. The van der Waals surface area contributed by atoms with Gasteiger partial charge in [0.25, 0.3) is 0 Å². The molecule has 0 aromatic heterocycles. The Morgan fingerprint density at radius 3 is 2.50 bits per heavy atom. The molecule has 10 heavy (non-hydrogen) atoms. The Hall–Kier alpha value is -0.410. The van der Waals surface area contributed by atoms with Crippen LogP contribution >= 0.6 is 0 Å². The summed E-state index contributed by atoms with van der Waals surface area (Å²) < 4.78 is 0. The molecule has 3 nitrogen and oxygen atoms in total. The minimum atomic E-state index is 0.0602. The molecule has 1 rings (SSSR count). The van der Waals surface area contributed by atoms with Crippen molar-refractivity contribution in [1.82, 2.24) is 5.32 Å². The summed E-state index contributed by atoms with van der Waals surface area (Å²) in [6.45, 7) is 1.61. The Morgan fingerprint density at radius 1 is 1.70 bits per heavy atom. The van der Waals surface area contributed by atoms with Crippen LogP contribution in [0.1, 0.15) is 13.3 Å². The van der Waals surface area contributed by atoms with Crippen LogP contribution in [0.3, 0.4) is 0 Å². The molecule has 58 valence electrons. The normalized spacial score (nSPS) is 38.9. The number of carbonyl (C=O) groups is 1. The third kappa shape index (κ3) is 1.07. The first-order chi connectivity index (χ1) is 4.66. The van der Waals surface area contributed by atoms with Crippen LogP contribution in [0.25, 0.3) is 0 Å². The largest absolute Gasteiger partial charge is 0.327 e. The van der Waals surface area contributed by atoms with Crippen LogP contribution in [0.5, 0.6) is 0 Å². The lowest BCUT2D eigenvalue weighted by Crippen LogP contribution is -2.59. The van der Waals surface area contributed by atoms with Crippen LogP contribution in [0.2, 0.25) is 0 Å². The highest BCUT2D eigenvalue weighted by atomic mass is 16.1. The van der Waals surface area contributed by atoms with Crippen molar-refractivity contribution in [2.45, 2.75) is 25.4 Å². The summed E-state index contributed by atoms with van der Waals surface area (Å²) in [6, 6.07) is 0.419. The van der Waals surface area contributed by atoms with E-state index in [0.29, 0.717) is 6.04 Å². The molecule has 0 bridgehead atoms. The van der Waals surface area contributed by atoms with Crippen molar-refractivity contribution in [2.75, 3.05) is 7.05 Å². The van der Waals surface area contributed by atoms with Crippen LogP contribution in [0.15, 0.2) is 0 Å². The van der Waals surface area contributed by atoms with Gasteiger partial charge in [-0.2, -0.15) is 0 Å². The van der Waals surface area contributed by atoms with Gasteiger partial charge in [0.05, 0.1) is 0 Å². The van der Waals surface area contributed by atoms with Gasteiger partial charge in [0.2, 0.25) is 0 Å². The Morgan fingerprint density at radius 2 is 2.30 bits per heavy atom. The molecule has 1 saturated carbocycles. The zero-order valence-electron chi connectivity index (χ0n) is 6.42. The molecule has 1 aliphatic carbocycles. The number of nitrogens with one attached hydrogen (secondary N) is 1. The van der Waals surface area contributed by atoms with E-state index in [4.69, 9.17) is 5.73 Å². The first kappa shape index (κ1) is 7.69. The molecule has 0 spiro atoms. The fraction of sp³-hybridized carbons (Fsp3) is 0.857. The number of hydrogen-bond donors (Lipinski definition) is 2. The van der Waals surface area contributed by atoms with E-state index < -0.39 is 0 Å². The van der Waals surface area contributed by atoms with Crippen molar-refractivity contribution in [2.24, 2.45) is 11.7 Å². The number of nitrogens with two attached hydrogens (primary N) is 1. The van der Waals surface area contributed by atoms with E-state index in [0.717, 1.165) is 6.42 Å². The zero-order valence-corrected chi connectivity index (χ0v) is 6.42. The number of hydrogen-bond acceptors (Lipinski definition) is 3. The van der Waals surface area contributed by atoms with Crippen molar-refractivity contribution in [3.05, 3.63) is 0 Å². The van der Waals surface area contributed by atoms with E-state index >= 15 is 0 Å². The minimum absolute atomic E-state index is 0.0602. The SMILES string of the molecule is CNC1CC(N)C1C(C)=O. The van der Waals surface area contributed by atoms with Crippen molar-refractivity contribution in [3.63, 3.8) is 0 Å². The highest BCUT2D eigenvalue weighted by Gasteiger charge is 2.40.